The number of aromatic nitrogens is 2. The lowest BCUT2D eigenvalue weighted by atomic mass is 10.2. The van der Waals surface area contributed by atoms with E-state index < -0.39 is 0 Å². The van der Waals surface area contributed by atoms with E-state index in [9.17, 15) is 0 Å². The van der Waals surface area contributed by atoms with Crippen molar-refractivity contribution in [3.63, 3.8) is 0 Å². The van der Waals surface area contributed by atoms with Crippen molar-refractivity contribution < 1.29 is 4.52 Å². The van der Waals surface area contributed by atoms with Gasteiger partial charge in [0.1, 0.15) is 0 Å². The van der Waals surface area contributed by atoms with Gasteiger partial charge in [0.15, 0.2) is 5.82 Å². The van der Waals surface area contributed by atoms with E-state index in [1.807, 2.05) is 11.8 Å². The minimum Gasteiger partial charge on any atom is -0.339 e. The maximum Gasteiger partial charge on any atom is 0.228 e. The molecule has 1 aromatic carbocycles. The summed E-state index contributed by atoms with van der Waals surface area (Å²) in [5.41, 5.74) is 1.28. The van der Waals surface area contributed by atoms with Gasteiger partial charge in [-0.25, -0.2) is 0 Å². The predicted molar refractivity (Wildman–Crippen MR) is 87.9 cm³/mol. The number of hydrogen-bond donors (Lipinski definition) is 1. The van der Waals surface area contributed by atoms with E-state index >= 15 is 0 Å². The Bertz CT molecular complexity index is 565. The van der Waals surface area contributed by atoms with Crippen molar-refractivity contribution in [2.24, 2.45) is 0 Å². The lowest BCUT2D eigenvalue weighted by Gasteiger charge is -2.21. The number of thioether (sulfide) groups is 2. The molecule has 0 saturated carbocycles. The summed E-state index contributed by atoms with van der Waals surface area (Å²) < 4.78 is 5.35. The van der Waals surface area contributed by atoms with Crippen LogP contribution in [0.4, 0.5) is 0 Å². The number of nitrogens with zero attached hydrogens (tertiary/aromatic N) is 2. The summed E-state index contributed by atoms with van der Waals surface area (Å²) in [6.45, 7) is 3.16. The second-order valence-electron chi connectivity index (χ2n) is 5.14. The summed E-state index contributed by atoms with van der Waals surface area (Å²) in [4.78, 5) is 5.72. The van der Waals surface area contributed by atoms with E-state index in [1.54, 1.807) is 11.8 Å². The molecule has 2 heterocycles. The van der Waals surface area contributed by atoms with E-state index in [1.165, 1.54) is 16.2 Å². The highest BCUT2D eigenvalue weighted by molar-refractivity contribution is 7.99. The molecular weight excluding hydrogens is 302 g/mol. The zero-order chi connectivity index (χ0) is 14.5. The molecule has 4 nitrogen and oxygen atoms in total. The second-order valence-corrected chi connectivity index (χ2v) is 7.33. The summed E-state index contributed by atoms with van der Waals surface area (Å²) in [7, 11) is 0. The van der Waals surface area contributed by atoms with Gasteiger partial charge in [-0.1, -0.05) is 22.9 Å². The average molecular weight is 321 g/mol. The molecule has 0 bridgehead atoms. The SMILES string of the molecule is Cc1ccc(SCc2noc(CC3CSCCN3)n2)cc1. The Labute approximate surface area is 133 Å². The zero-order valence-electron chi connectivity index (χ0n) is 12.0. The van der Waals surface area contributed by atoms with Gasteiger partial charge in [0.25, 0.3) is 0 Å². The molecule has 0 radical (unpaired) electrons. The fraction of sp³-hybridized carbons (Fsp3) is 0.467. The third-order valence-electron chi connectivity index (χ3n) is 3.32. The highest BCUT2D eigenvalue weighted by atomic mass is 32.2. The fourth-order valence-electron chi connectivity index (χ4n) is 2.18. The van der Waals surface area contributed by atoms with Crippen molar-refractivity contribution in [3.05, 3.63) is 41.5 Å². The van der Waals surface area contributed by atoms with Crippen LogP contribution in [0.1, 0.15) is 17.3 Å². The first-order valence-corrected chi connectivity index (χ1v) is 9.26. The minimum atomic E-state index is 0.460. The van der Waals surface area contributed by atoms with Crippen molar-refractivity contribution in [2.75, 3.05) is 18.1 Å². The second kappa shape index (κ2) is 7.33. The van der Waals surface area contributed by atoms with E-state index in [2.05, 4.69) is 46.6 Å². The molecule has 1 saturated heterocycles. The molecule has 1 atom stereocenters. The average Bonchev–Trinajstić information content (AvgIpc) is 2.95. The molecule has 1 aliphatic heterocycles. The molecule has 2 aromatic rings. The molecule has 1 aromatic heterocycles. The van der Waals surface area contributed by atoms with Crippen LogP contribution in [0.3, 0.4) is 0 Å². The maximum absolute atomic E-state index is 5.35. The van der Waals surface area contributed by atoms with Crippen molar-refractivity contribution in [3.8, 4) is 0 Å². The van der Waals surface area contributed by atoms with Gasteiger partial charge >= 0.3 is 0 Å². The molecule has 0 aliphatic carbocycles. The molecule has 3 rings (SSSR count). The number of nitrogens with one attached hydrogen (secondary N) is 1. The van der Waals surface area contributed by atoms with Crippen LogP contribution in [0, 0.1) is 6.92 Å². The van der Waals surface area contributed by atoms with Crippen molar-refractivity contribution in [1.29, 1.82) is 0 Å². The maximum atomic E-state index is 5.35. The molecular formula is C15H19N3OS2. The molecule has 1 aliphatic rings. The predicted octanol–water partition coefficient (Wildman–Crippen LogP) is 2.92. The topological polar surface area (TPSA) is 51.0 Å². The Morgan fingerprint density at radius 2 is 2.24 bits per heavy atom. The van der Waals surface area contributed by atoms with E-state index in [0.717, 1.165) is 36.2 Å². The molecule has 0 amide bonds. The summed E-state index contributed by atoms with van der Waals surface area (Å²) >= 11 is 3.72. The number of hydrogen-bond acceptors (Lipinski definition) is 6. The zero-order valence-corrected chi connectivity index (χ0v) is 13.7. The molecule has 112 valence electrons. The Balaban J connectivity index is 1.51. The van der Waals surface area contributed by atoms with Crippen LogP contribution in [0.5, 0.6) is 0 Å². The van der Waals surface area contributed by atoms with Gasteiger partial charge in [-0.3, -0.25) is 0 Å². The van der Waals surface area contributed by atoms with E-state index in [-0.39, 0.29) is 0 Å². The number of benzene rings is 1. The number of rotatable bonds is 5. The third-order valence-corrected chi connectivity index (χ3v) is 5.46. The highest BCUT2D eigenvalue weighted by Crippen LogP contribution is 2.22. The minimum absolute atomic E-state index is 0.460. The fourth-order valence-corrected chi connectivity index (χ4v) is 3.87. The molecule has 6 heteroatoms. The first-order chi connectivity index (χ1) is 10.3. The smallest absolute Gasteiger partial charge is 0.228 e. The molecule has 1 fully saturated rings. The standard InChI is InChI=1S/C15H19N3OS2/c1-11-2-4-13(5-3-11)21-10-14-17-15(19-18-14)8-12-9-20-7-6-16-12/h2-5,12,16H,6-10H2,1H3. The van der Waals surface area contributed by atoms with Gasteiger partial charge in [0.05, 0.1) is 5.75 Å². The molecule has 1 N–H and O–H groups in total. The van der Waals surface area contributed by atoms with Crippen LogP contribution in [0.15, 0.2) is 33.7 Å². The van der Waals surface area contributed by atoms with Crippen LogP contribution in [-0.2, 0) is 12.2 Å². The summed E-state index contributed by atoms with van der Waals surface area (Å²) in [5.74, 6) is 4.59. The van der Waals surface area contributed by atoms with Crippen molar-refractivity contribution >= 4 is 23.5 Å². The van der Waals surface area contributed by atoms with Crippen LogP contribution in [-0.4, -0.2) is 34.2 Å². The van der Waals surface area contributed by atoms with Gasteiger partial charge in [0, 0.05) is 35.4 Å². The Morgan fingerprint density at radius 3 is 3.00 bits per heavy atom. The van der Waals surface area contributed by atoms with Gasteiger partial charge in [0.2, 0.25) is 5.89 Å². The lowest BCUT2D eigenvalue weighted by Crippen LogP contribution is -2.38. The number of aryl methyl sites for hydroxylation is 1. The first-order valence-electron chi connectivity index (χ1n) is 7.11. The van der Waals surface area contributed by atoms with Crippen LogP contribution in [0.25, 0.3) is 0 Å². The monoisotopic (exact) mass is 321 g/mol. The quantitative estimate of drug-likeness (QED) is 0.855. The molecule has 1 unspecified atom stereocenters. The van der Waals surface area contributed by atoms with Crippen LogP contribution < -0.4 is 5.32 Å². The summed E-state index contributed by atoms with van der Waals surface area (Å²) in [5, 5.41) is 7.56. The first kappa shape index (κ1) is 14.9. The summed E-state index contributed by atoms with van der Waals surface area (Å²) in [6.07, 6.45) is 0.829. The van der Waals surface area contributed by atoms with Gasteiger partial charge in [-0.2, -0.15) is 16.7 Å². The largest absolute Gasteiger partial charge is 0.339 e. The Kier molecular flexibility index (Phi) is 5.22. The normalized spacial score (nSPS) is 18.8. The summed E-state index contributed by atoms with van der Waals surface area (Å²) in [6, 6.07) is 8.96. The van der Waals surface area contributed by atoms with Crippen molar-refractivity contribution in [1.82, 2.24) is 15.5 Å². The Hall–Kier alpha value is -0.980. The van der Waals surface area contributed by atoms with Crippen LogP contribution >= 0.6 is 23.5 Å². The third kappa shape index (κ3) is 4.49. The Morgan fingerprint density at radius 1 is 1.38 bits per heavy atom. The lowest BCUT2D eigenvalue weighted by molar-refractivity contribution is 0.359. The van der Waals surface area contributed by atoms with Crippen LogP contribution in [0.2, 0.25) is 0 Å². The highest BCUT2D eigenvalue weighted by Gasteiger charge is 2.17. The van der Waals surface area contributed by atoms with E-state index in [0.29, 0.717) is 6.04 Å². The van der Waals surface area contributed by atoms with Gasteiger partial charge < -0.3 is 9.84 Å². The van der Waals surface area contributed by atoms with Crippen molar-refractivity contribution in [2.45, 2.75) is 30.0 Å². The molecule has 0 spiro atoms. The van der Waals surface area contributed by atoms with Gasteiger partial charge in [-0.15, -0.1) is 11.8 Å². The van der Waals surface area contributed by atoms with E-state index in [4.69, 9.17) is 4.52 Å². The van der Waals surface area contributed by atoms with Gasteiger partial charge in [-0.05, 0) is 19.1 Å². The molecule has 21 heavy (non-hydrogen) atoms.